The highest BCUT2D eigenvalue weighted by Gasteiger charge is 2.30. The van der Waals surface area contributed by atoms with E-state index in [0.29, 0.717) is 25.7 Å². The average Bonchev–Trinajstić information content (AvgIpc) is 0.904. The first-order valence-corrected chi connectivity index (χ1v) is 47.0. The number of hydrogen-bond acceptors (Lipinski definition) is 15. The predicted molar refractivity (Wildman–Crippen MR) is 428 cm³/mol. The molecule has 19 heteroatoms. The summed E-state index contributed by atoms with van der Waals surface area (Å²) in [6, 6.07) is 0. The van der Waals surface area contributed by atoms with Gasteiger partial charge in [0.15, 0.2) is 12.2 Å². The zero-order chi connectivity index (χ0) is 76.4. The molecule has 2 unspecified atom stereocenters. The molecule has 618 valence electrons. The second-order valence-electron chi connectivity index (χ2n) is 31.5. The van der Waals surface area contributed by atoms with Crippen molar-refractivity contribution in [2.75, 3.05) is 39.6 Å². The van der Waals surface area contributed by atoms with E-state index in [-0.39, 0.29) is 25.7 Å². The molecule has 0 bridgehead atoms. The molecule has 0 aromatic rings. The van der Waals surface area contributed by atoms with Gasteiger partial charge in [-0.3, -0.25) is 37.3 Å². The molecule has 0 aliphatic rings. The maximum atomic E-state index is 13.1. The van der Waals surface area contributed by atoms with Crippen molar-refractivity contribution in [1.29, 1.82) is 0 Å². The van der Waals surface area contributed by atoms with Crippen LogP contribution in [0.1, 0.15) is 452 Å². The zero-order valence-corrected chi connectivity index (χ0v) is 70.1. The van der Waals surface area contributed by atoms with Crippen molar-refractivity contribution in [3.63, 3.8) is 0 Å². The highest BCUT2D eigenvalue weighted by atomic mass is 31.2. The van der Waals surface area contributed by atoms with E-state index in [4.69, 9.17) is 37.0 Å². The van der Waals surface area contributed by atoms with Gasteiger partial charge in [0.1, 0.15) is 19.3 Å². The van der Waals surface area contributed by atoms with Gasteiger partial charge < -0.3 is 33.8 Å². The molecule has 0 aromatic heterocycles. The largest absolute Gasteiger partial charge is 0.472 e. The van der Waals surface area contributed by atoms with Crippen LogP contribution >= 0.6 is 15.6 Å². The number of ether oxygens (including phenoxy) is 4. The van der Waals surface area contributed by atoms with Gasteiger partial charge in [0, 0.05) is 25.7 Å². The molecule has 0 amide bonds. The van der Waals surface area contributed by atoms with Gasteiger partial charge in [-0.15, -0.1) is 0 Å². The van der Waals surface area contributed by atoms with Crippen LogP contribution < -0.4 is 0 Å². The molecule has 0 aromatic carbocycles. The summed E-state index contributed by atoms with van der Waals surface area (Å²) in [5, 5.41) is 10.7. The first kappa shape index (κ1) is 102. The lowest BCUT2D eigenvalue weighted by atomic mass is 10.0. The summed E-state index contributed by atoms with van der Waals surface area (Å²) in [6.07, 6.45) is 68.1. The molecule has 0 fully saturated rings. The molecule has 0 spiro atoms. The molecule has 0 rings (SSSR count). The van der Waals surface area contributed by atoms with Crippen LogP contribution in [0.15, 0.2) is 0 Å². The van der Waals surface area contributed by atoms with Crippen LogP contribution in [0.25, 0.3) is 0 Å². The third-order valence-electron chi connectivity index (χ3n) is 20.0. The fourth-order valence-corrected chi connectivity index (χ4v) is 14.8. The van der Waals surface area contributed by atoms with Crippen molar-refractivity contribution in [2.45, 2.75) is 471 Å². The third kappa shape index (κ3) is 78.2. The molecule has 0 radical (unpaired) electrons. The second kappa shape index (κ2) is 76.4. The van der Waals surface area contributed by atoms with E-state index in [1.807, 2.05) is 0 Å². The van der Waals surface area contributed by atoms with Gasteiger partial charge in [-0.1, -0.05) is 401 Å². The van der Waals surface area contributed by atoms with E-state index >= 15 is 0 Å². The third-order valence-corrected chi connectivity index (χ3v) is 21.9. The molecule has 17 nitrogen and oxygen atoms in total. The predicted octanol–water partition coefficient (Wildman–Crippen LogP) is 25.8. The summed E-state index contributed by atoms with van der Waals surface area (Å²) < 4.78 is 68.8. The highest BCUT2D eigenvalue weighted by molar-refractivity contribution is 7.47. The Labute approximate surface area is 638 Å². The smallest absolute Gasteiger partial charge is 0.462 e. The van der Waals surface area contributed by atoms with Crippen LogP contribution in [0.3, 0.4) is 0 Å². The van der Waals surface area contributed by atoms with Crippen LogP contribution in [-0.4, -0.2) is 96.7 Å². The standard InChI is InChI=1S/C85H166O17P2/c1-7-9-11-13-15-17-19-20-21-22-23-24-25-26-27-30-34-39-45-51-57-63-69-84(89)101-81(74-96-83(88)68-62-56-50-44-38-33-31-28-29-32-36-41-47-53-59-65-77(3)4)76-100-104(93,94)98-72-79(86)71-97-103(91,92)99-75-80(73-95-82(87)67-61-55-49-43-18-16-14-12-10-8-2)102-85(90)70-64-58-52-46-40-35-37-42-48-54-60-66-78(5)6/h77-81,86H,7-76H2,1-6H3,(H,91,92)(H,93,94)/t79-,80+,81+/m0/s1. The van der Waals surface area contributed by atoms with Gasteiger partial charge in [0.25, 0.3) is 0 Å². The monoisotopic (exact) mass is 1520 g/mol. The minimum absolute atomic E-state index is 0.107. The Balaban J connectivity index is 5.21. The Morgan fingerprint density at radius 1 is 0.260 bits per heavy atom. The summed E-state index contributed by atoms with van der Waals surface area (Å²) in [5.41, 5.74) is 0. The Bertz CT molecular complexity index is 1990. The molecule has 0 aliphatic carbocycles. The maximum absolute atomic E-state index is 13.1. The lowest BCUT2D eigenvalue weighted by Gasteiger charge is -2.21. The summed E-state index contributed by atoms with van der Waals surface area (Å²) in [4.78, 5) is 73.1. The number of aliphatic hydroxyl groups is 1. The van der Waals surface area contributed by atoms with Gasteiger partial charge >= 0.3 is 39.5 Å². The molecular formula is C85H166O17P2. The number of aliphatic hydroxyl groups excluding tert-OH is 1. The van der Waals surface area contributed by atoms with Crippen molar-refractivity contribution in [3.05, 3.63) is 0 Å². The van der Waals surface area contributed by atoms with Gasteiger partial charge in [0.2, 0.25) is 0 Å². The van der Waals surface area contributed by atoms with E-state index < -0.39 is 97.5 Å². The van der Waals surface area contributed by atoms with Crippen molar-refractivity contribution in [2.24, 2.45) is 11.8 Å². The summed E-state index contributed by atoms with van der Waals surface area (Å²) in [6.45, 7) is 9.68. The Kier molecular flexibility index (Phi) is 75.0. The van der Waals surface area contributed by atoms with Crippen LogP contribution in [0, 0.1) is 11.8 Å². The fraction of sp³-hybridized carbons (Fsp3) is 0.953. The van der Waals surface area contributed by atoms with Crippen molar-refractivity contribution in [3.8, 4) is 0 Å². The SMILES string of the molecule is CCCCCCCCCCCCCCCCCCCCCCCCC(=O)O[C@H](COC(=O)CCCCCCCCCCCCCCCCCC(C)C)COP(=O)(O)OC[C@@H](O)COP(=O)(O)OC[C@@H](COC(=O)CCCCCCCCCCCC)OC(=O)CCCCCCCCCCCCCC(C)C. The van der Waals surface area contributed by atoms with Crippen molar-refractivity contribution < 1.29 is 80.2 Å². The highest BCUT2D eigenvalue weighted by Crippen LogP contribution is 2.45. The van der Waals surface area contributed by atoms with E-state index in [1.165, 1.54) is 270 Å². The molecule has 0 aliphatic heterocycles. The molecule has 0 saturated carbocycles. The minimum Gasteiger partial charge on any atom is -0.462 e. The number of unbranched alkanes of at least 4 members (excludes halogenated alkanes) is 54. The van der Waals surface area contributed by atoms with Crippen molar-refractivity contribution >= 4 is 39.5 Å². The van der Waals surface area contributed by atoms with Crippen molar-refractivity contribution in [1.82, 2.24) is 0 Å². The molecule has 5 atom stereocenters. The topological polar surface area (TPSA) is 237 Å². The molecule has 0 saturated heterocycles. The number of carbonyl (C=O) groups is 4. The van der Waals surface area contributed by atoms with Crippen LogP contribution in [0.2, 0.25) is 0 Å². The molecule has 3 N–H and O–H groups in total. The van der Waals surface area contributed by atoms with Gasteiger partial charge in [-0.2, -0.15) is 0 Å². The van der Waals surface area contributed by atoms with E-state index in [1.54, 1.807) is 0 Å². The Morgan fingerprint density at radius 2 is 0.442 bits per heavy atom. The lowest BCUT2D eigenvalue weighted by molar-refractivity contribution is -0.161. The van der Waals surface area contributed by atoms with E-state index in [0.717, 1.165) is 102 Å². The van der Waals surface area contributed by atoms with Crippen LogP contribution in [-0.2, 0) is 65.4 Å². The number of phosphoric ester groups is 2. The van der Waals surface area contributed by atoms with Crippen LogP contribution in [0.4, 0.5) is 0 Å². The van der Waals surface area contributed by atoms with Gasteiger partial charge in [-0.25, -0.2) is 9.13 Å². The fourth-order valence-electron chi connectivity index (χ4n) is 13.2. The summed E-state index contributed by atoms with van der Waals surface area (Å²) in [7, 11) is -9.92. The van der Waals surface area contributed by atoms with E-state index in [9.17, 15) is 43.2 Å². The molecular weight excluding hydrogens is 1350 g/mol. The minimum atomic E-state index is -4.96. The lowest BCUT2D eigenvalue weighted by Crippen LogP contribution is -2.30. The normalized spacial score (nSPS) is 13.8. The number of rotatable bonds is 84. The first-order chi connectivity index (χ1) is 50.4. The number of esters is 4. The molecule has 104 heavy (non-hydrogen) atoms. The second-order valence-corrected chi connectivity index (χ2v) is 34.4. The van der Waals surface area contributed by atoms with Crippen LogP contribution in [0.5, 0.6) is 0 Å². The van der Waals surface area contributed by atoms with Gasteiger partial charge in [-0.05, 0) is 37.5 Å². The number of carbonyl (C=O) groups excluding carboxylic acids is 4. The quantitative estimate of drug-likeness (QED) is 0.0222. The molecule has 0 heterocycles. The average molecular weight is 1520 g/mol. The summed E-state index contributed by atoms with van der Waals surface area (Å²) >= 11 is 0. The Hall–Kier alpha value is -1.94. The van der Waals surface area contributed by atoms with E-state index in [2.05, 4.69) is 41.5 Å². The number of hydrogen-bond donors (Lipinski definition) is 3. The van der Waals surface area contributed by atoms with Gasteiger partial charge in [0.05, 0.1) is 26.4 Å². The summed E-state index contributed by atoms with van der Waals surface area (Å²) in [5.74, 6) is -0.533. The zero-order valence-electron chi connectivity index (χ0n) is 68.3. The maximum Gasteiger partial charge on any atom is 0.472 e. The Morgan fingerprint density at radius 3 is 0.654 bits per heavy atom. The number of phosphoric acid groups is 2. The first-order valence-electron chi connectivity index (χ1n) is 44.0.